The van der Waals surface area contributed by atoms with E-state index >= 15 is 0 Å². The third-order valence-electron chi connectivity index (χ3n) is 9.81. The van der Waals surface area contributed by atoms with Gasteiger partial charge in [-0.25, -0.2) is 0 Å². The fraction of sp³-hybridized carbons (Fsp3) is 0.368. The molecule has 1 fully saturated rings. The molecule has 0 atom stereocenters. The molecule has 0 unspecified atom stereocenters. The molecule has 0 bridgehead atoms. The van der Waals surface area contributed by atoms with Crippen LogP contribution >= 0.6 is 0 Å². The number of nitrogens with zero attached hydrogens (tertiary/aromatic N) is 1. The molecule has 1 saturated heterocycles. The summed E-state index contributed by atoms with van der Waals surface area (Å²) in [6.07, 6.45) is 5.23. The first-order valence-electron chi connectivity index (χ1n) is 15.9. The third-order valence-corrected chi connectivity index (χ3v) is 9.81. The number of likely N-dealkylation sites (tertiary alicyclic amines) is 1. The Kier molecular flexibility index (Phi) is 7.03. The monoisotopic (exact) mass is 581 g/mol. The Hall–Kier alpha value is -3.73. The highest BCUT2D eigenvalue weighted by Crippen LogP contribution is 2.61. The van der Waals surface area contributed by atoms with Gasteiger partial charge < -0.3 is 9.64 Å². The van der Waals surface area contributed by atoms with Gasteiger partial charge in [0.25, 0.3) is 0 Å². The van der Waals surface area contributed by atoms with Crippen molar-refractivity contribution in [3.05, 3.63) is 95.1 Å². The lowest BCUT2D eigenvalue weighted by Crippen LogP contribution is -2.33. The minimum absolute atomic E-state index is 0.236. The Morgan fingerprint density at radius 3 is 2.21 bits per heavy atom. The van der Waals surface area contributed by atoms with Crippen LogP contribution in [0.2, 0.25) is 0 Å². The van der Waals surface area contributed by atoms with Crippen molar-refractivity contribution in [2.45, 2.75) is 70.4 Å². The van der Waals surface area contributed by atoms with E-state index in [4.69, 9.17) is 4.74 Å². The van der Waals surface area contributed by atoms with Crippen LogP contribution in [0.5, 0.6) is 5.75 Å². The van der Waals surface area contributed by atoms with Crippen molar-refractivity contribution in [2.75, 3.05) is 19.7 Å². The van der Waals surface area contributed by atoms with E-state index in [0.29, 0.717) is 12.2 Å². The lowest BCUT2D eigenvalue weighted by atomic mass is 9.68. The molecule has 0 aromatic heterocycles. The molecule has 0 spiro atoms. The van der Waals surface area contributed by atoms with Gasteiger partial charge in [0.15, 0.2) is 0 Å². The maximum Gasteiger partial charge on any atom is 0.417 e. The number of ether oxygens (including phenoxy) is 1. The van der Waals surface area contributed by atoms with Crippen molar-refractivity contribution in [1.82, 2.24) is 4.90 Å². The van der Waals surface area contributed by atoms with Crippen LogP contribution in [-0.4, -0.2) is 24.6 Å². The summed E-state index contributed by atoms with van der Waals surface area (Å²) in [5.74, 6) is 0.962. The topological polar surface area (TPSA) is 12.5 Å². The van der Waals surface area contributed by atoms with Crippen molar-refractivity contribution in [1.29, 1.82) is 0 Å². The van der Waals surface area contributed by atoms with Crippen molar-refractivity contribution < 1.29 is 17.9 Å². The standard InChI is InChI=1S/C38H38F3NO/c1-3-19-37(20-4-2)31-24-25(26-12-8-9-15-30(26)38(39,40)41)16-17-29(31)33-27-13-6-7-14-28(27)36-34(35(33)37)32(18-23-43-36)42-21-10-5-11-22-42/h6-9,12-18,24H,3-5,10-11,19-23H2,1-2H3. The van der Waals surface area contributed by atoms with E-state index in [2.05, 4.69) is 61.2 Å². The van der Waals surface area contributed by atoms with Crippen LogP contribution < -0.4 is 4.74 Å². The summed E-state index contributed by atoms with van der Waals surface area (Å²) in [6, 6.07) is 20.6. The molecule has 0 N–H and O–H groups in total. The van der Waals surface area contributed by atoms with Crippen LogP contribution in [0.3, 0.4) is 0 Å². The van der Waals surface area contributed by atoms with Gasteiger partial charge >= 0.3 is 6.18 Å². The quantitative estimate of drug-likeness (QED) is 0.225. The average Bonchev–Trinajstić information content (AvgIpc) is 3.30. The van der Waals surface area contributed by atoms with E-state index in [1.54, 1.807) is 12.1 Å². The summed E-state index contributed by atoms with van der Waals surface area (Å²) in [5.41, 5.74) is 7.27. The van der Waals surface area contributed by atoms with Gasteiger partial charge in [0.1, 0.15) is 12.4 Å². The Morgan fingerprint density at radius 2 is 1.49 bits per heavy atom. The summed E-state index contributed by atoms with van der Waals surface area (Å²) in [4.78, 5) is 2.55. The molecular weight excluding hydrogens is 543 g/mol. The second-order valence-corrected chi connectivity index (χ2v) is 12.3. The van der Waals surface area contributed by atoms with Crippen molar-refractivity contribution in [3.63, 3.8) is 0 Å². The second-order valence-electron chi connectivity index (χ2n) is 12.3. The molecule has 0 radical (unpaired) electrons. The summed E-state index contributed by atoms with van der Waals surface area (Å²) in [6.45, 7) is 7.06. The molecule has 1 aliphatic carbocycles. The van der Waals surface area contributed by atoms with E-state index in [0.717, 1.165) is 66.4 Å². The largest absolute Gasteiger partial charge is 0.488 e. The molecular formula is C38H38F3NO. The summed E-state index contributed by atoms with van der Waals surface area (Å²) >= 11 is 0. The lowest BCUT2D eigenvalue weighted by Gasteiger charge is -2.39. The highest BCUT2D eigenvalue weighted by molar-refractivity contribution is 6.09. The number of hydrogen-bond donors (Lipinski definition) is 0. The molecule has 2 nitrogen and oxygen atoms in total. The van der Waals surface area contributed by atoms with Crippen LogP contribution in [0.1, 0.15) is 81.0 Å². The lowest BCUT2D eigenvalue weighted by molar-refractivity contribution is -0.137. The number of piperidine rings is 1. The maximum absolute atomic E-state index is 14.2. The van der Waals surface area contributed by atoms with E-state index < -0.39 is 11.7 Å². The van der Waals surface area contributed by atoms with Gasteiger partial charge in [-0.3, -0.25) is 0 Å². The van der Waals surface area contributed by atoms with Crippen LogP contribution in [0.4, 0.5) is 13.2 Å². The first-order chi connectivity index (χ1) is 20.9. The average molecular weight is 582 g/mol. The molecule has 43 heavy (non-hydrogen) atoms. The summed E-state index contributed by atoms with van der Waals surface area (Å²) in [7, 11) is 0. The smallest absolute Gasteiger partial charge is 0.417 e. The van der Waals surface area contributed by atoms with E-state index in [1.807, 2.05) is 6.07 Å². The summed E-state index contributed by atoms with van der Waals surface area (Å²) < 4.78 is 49.1. The number of halogens is 3. The highest BCUT2D eigenvalue weighted by Gasteiger charge is 2.47. The fourth-order valence-corrected chi connectivity index (χ4v) is 8.23. The van der Waals surface area contributed by atoms with Gasteiger partial charge in [0, 0.05) is 35.2 Å². The SMILES string of the molecule is CCCC1(CCC)c2cc(-c3ccccc3C(F)(F)F)ccc2-c2c1c1c(c3ccccc23)OCC=C1N1CCCCC1. The molecule has 4 aromatic carbocycles. The minimum Gasteiger partial charge on any atom is -0.488 e. The van der Waals surface area contributed by atoms with Gasteiger partial charge in [0.2, 0.25) is 0 Å². The highest BCUT2D eigenvalue weighted by atomic mass is 19.4. The number of hydrogen-bond acceptors (Lipinski definition) is 2. The molecule has 2 heterocycles. The Labute approximate surface area is 252 Å². The molecule has 222 valence electrons. The molecule has 2 aliphatic heterocycles. The van der Waals surface area contributed by atoms with Gasteiger partial charge in [-0.2, -0.15) is 13.2 Å². The van der Waals surface area contributed by atoms with Crippen LogP contribution in [0.15, 0.2) is 72.8 Å². The number of fused-ring (bicyclic) bond motifs is 8. The van der Waals surface area contributed by atoms with Crippen molar-refractivity contribution in [3.8, 4) is 28.0 Å². The van der Waals surface area contributed by atoms with E-state index in [9.17, 15) is 13.2 Å². The van der Waals surface area contributed by atoms with E-state index in [-0.39, 0.29) is 11.0 Å². The van der Waals surface area contributed by atoms with Gasteiger partial charge in [-0.15, -0.1) is 0 Å². The van der Waals surface area contributed by atoms with Crippen LogP contribution in [0, 0.1) is 0 Å². The molecule has 3 aliphatic rings. The fourth-order valence-electron chi connectivity index (χ4n) is 8.23. The number of rotatable bonds is 6. The van der Waals surface area contributed by atoms with Crippen molar-refractivity contribution >= 4 is 16.5 Å². The number of alkyl halides is 3. The Morgan fingerprint density at radius 1 is 0.791 bits per heavy atom. The Balaban J connectivity index is 1.56. The number of benzene rings is 4. The first-order valence-corrected chi connectivity index (χ1v) is 15.9. The predicted molar refractivity (Wildman–Crippen MR) is 169 cm³/mol. The minimum atomic E-state index is -4.43. The van der Waals surface area contributed by atoms with Crippen LogP contribution in [-0.2, 0) is 11.6 Å². The summed E-state index contributed by atoms with van der Waals surface area (Å²) in [5, 5.41) is 2.27. The zero-order valence-corrected chi connectivity index (χ0v) is 25.0. The zero-order valence-electron chi connectivity index (χ0n) is 25.0. The molecule has 0 amide bonds. The predicted octanol–water partition coefficient (Wildman–Crippen LogP) is 10.6. The molecule has 5 heteroatoms. The van der Waals surface area contributed by atoms with Gasteiger partial charge in [-0.1, -0.05) is 81.3 Å². The normalized spacial score (nSPS) is 17.2. The first kappa shape index (κ1) is 28.1. The maximum atomic E-state index is 14.2. The van der Waals surface area contributed by atoms with E-state index in [1.165, 1.54) is 53.8 Å². The molecule has 4 aromatic rings. The van der Waals surface area contributed by atoms with Crippen LogP contribution in [0.25, 0.3) is 38.7 Å². The zero-order chi connectivity index (χ0) is 29.8. The Bertz CT molecular complexity index is 1720. The van der Waals surface area contributed by atoms with Gasteiger partial charge in [0.05, 0.1) is 5.56 Å². The molecule has 7 rings (SSSR count). The third kappa shape index (κ3) is 4.38. The van der Waals surface area contributed by atoms with Gasteiger partial charge in [-0.05, 0) is 89.1 Å². The van der Waals surface area contributed by atoms with Crippen molar-refractivity contribution in [2.24, 2.45) is 0 Å². The second kappa shape index (κ2) is 10.8. The molecule has 0 saturated carbocycles.